The summed E-state index contributed by atoms with van der Waals surface area (Å²) in [5.41, 5.74) is 15.4. The molecule has 0 nitrogen and oxygen atoms in total. The van der Waals surface area contributed by atoms with Gasteiger partial charge in [0.15, 0.2) is 0 Å². The van der Waals surface area contributed by atoms with Gasteiger partial charge < -0.3 is 0 Å². The molecule has 0 heterocycles. The molecule has 10 aromatic rings. The Kier molecular flexibility index (Phi) is 7.00. The fourth-order valence-corrected chi connectivity index (χ4v) is 9.65. The molecule has 1 aliphatic carbocycles. The van der Waals surface area contributed by atoms with Gasteiger partial charge in [0.25, 0.3) is 0 Å². The van der Waals surface area contributed by atoms with E-state index in [-0.39, 0.29) is 5.41 Å². The van der Waals surface area contributed by atoms with Crippen molar-refractivity contribution in [3.05, 3.63) is 205 Å². The first kappa shape index (κ1) is 31.7. The Morgan fingerprint density at radius 3 is 1.67 bits per heavy atom. The maximum atomic E-state index is 2.45. The Bertz CT molecular complexity index is 3160. The van der Waals surface area contributed by atoms with Gasteiger partial charge in [0.05, 0.1) is 0 Å². The first-order valence-corrected chi connectivity index (χ1v) is 19.4. The molecule has 0 aromatic heterocycles. The molecule has 0 heteroatoms. The lowest BCUT2D eigenvalue weighted by Crippen LogP contribution is -2.15. The normalized spacial score (nSPS) is 13.1. The first-order chi connectivity index (χ1) is 27.1. The van der Waals surface area contributed by atoms with Gasteiger partial charge in [0.2, 0.25) is 0 Å². The van der Waals surface area contributed by atoms with Crippen LogP contribution < -0.4 is 0 Å². The van der Waals surface area contributed by atoms with E-state index in [1.807, 2.05) is 0 Å². The number of fused-ring (bicyclic) bond motifs is 9. The lowest BCUT2D eigenvalue weighted by molar-refractivity contribution is 0.661. The van der Waals surface area contributed by atoms with Crippen molar-refractivity contribution in [2.75, 3.05) is 0 Å². The van der Waals surface area contributed by atoms with Crippen molar-refractivity contribution >= 4 is 43.1 Å². The van der Waals surface area contributed by atoms with Crippen molar-refractivity contribution in [2.24, 2.45) is 0 Å². The minimum absolute atomic E-state index is 0.0902. The molecule has 0 spiro atoms. The smallest absolute Gasteiger partial charge is 0.0159 e. The van der Waals surface area contributed by atoms with Gasteiger partial charge in [0, 0.05) is 5.41 Å². The summed E-state index contributed by atoms with van der Waals surface area (Å²) >= 11 is 0. The molecular weight excluding hydrogens is 661 g/mol. The van der Waals surface area contributed by atoms with Crippen LogP contribution in [0.3, 0.4) is 0 Å². The number of benzene rings is 10. The van der Waals surface area contributed by atoms with Gasteiger partial charge in [-0.15, -0.1) is 0 Å². The molecule has 10 aromatic carbocycles. The Morgan fingerprint density at radius 2 is 0.873 bits per heavy atom. The average molecular weight is 699 g/mol. The van der Waals surface area contributed by atoms with E-state index in [9.17, 15) is 0 Å². The number of hydrogen-bond donors (Lipinski definition) is 0. The van der Waals surface area contributed by atoms with E-state index in [1.54, 1.807) is 0 Å². The third-order valence-corrected chi connectivity index (χ3v) is 12.2. The van der Waals surface area contributed by atoms with E-state index >= 15 is 0 Å². The lowest BCUT2D eigenvalue weighted by atomic mass is 9.81. The molecule has 0 radical (unpaired) electrons. The van der Waals surface area contributed by atoms with Crippen LogP contribution in [0.5, 0.6) is 0 Å². The summed E-state index contributed by atoms with van der Waals surface area (Å²) in [5.74, 6) is 0. The third kappa shape index (κ3) is 4.78. The van der Waals surface area contributed by atoms with Crippen LogP contribution >= 0.6 is 0 Å². The molecule has 0 saturated heterocycles. The van der Waals surface area contributed by atoms with Gasteiger partial charge in [-0.05, 0) is 122 Å². The highest BCUT2D eigenvalue weighted by atomic mass is 14.4. The molecule has 0 bridgehead atoms. The van der Waals surface area contributed by atoms with Crippen molar-refractivity contribution < 1.29 is 0 Å². The van der Waals surface area contributed by atoms with E-state index in [4.69, 9.17) is 0 Å². The minimum Gasteiger partial charge on any atom is -0.0622 e. The monoisotopic (exact) mass is 698 g/mol. The topological polar surface area (TPSA) is 0 Å². The SMILES string of the molecule is CC1(C)c2cc(-c3cccc(-c4ccccc4-c4c5ccccc5c(-c5ccccc5)c5c4ccc4ccccc45)c3)ccc2-c2c1ccc1ccccc21. The summed E-state index contributed by atoms with van der Waals surface area (Å²) < 4.78 is 0. The molecule has 55 heavy (non-hydrogen) atoms. The first-order valence-electron chi connectivity index (χ1n) is 19.4. The van der Waals surface area contributed by atoms with Crippen LogP contribution in [0.25, 0.3) is 98.7 Å². The summed E-state index contributed by atoms with van der Waals surface area (Å²) in [4.78, 5) is 0. The highest BCUT2D eigenvalue weighted by Crippen LogP contribution is 2.53. The van der Waals surface area contributed by atoms with Gasteiger partial charge in [-0.25, -0.2) is 0 Å². The zero-order valence-corrected chi connectivity index (χ0v) is 31.0. The van der Waals surface area contributed by atoms with Crippen LogP contribution in [-0.4, -0.2) is 0 Å². The quantitative estimate of drug-likeness (QED) is 0.127. The fourth-order valence-electron chi connectivity index (χ4n) is 9.65. The highest BCUT2D eigenvalue weighted by Gasteiger charge is 2.36. The van der Waals surface area contributed by atoms with Crippen LogP contribution in [0, 0.1) is 0 Å². The van der Waals surface area contributed by atoms with E-state index < -0.39 is 0 Å². The highest BCUT2D eigenvalue weighted by molar-refractivity contribution is 6.28. The Labute approximate surface area is 322 Å². The fraction of sp³-hybridized carbons (Fsp3) is 0.0545. The predicted octanol–water partition coefficient (Wildman–Crippen LogP) is 15.3. The molecule has 0 amide bonds. The molecule has 0 atom stereocenters. The molecular formula is C55H38. The van der Waals surface area contributed by atoms with Gasteiger partial charge in [-0.3, -0.25) is 0 Å². The Hall–Kier alpha value is -6.76. The van der Waals surface area contributed by atoms with Crippen LogP contribution in [0.15, 0.2) is 194 Å². The molecule has 0 fully saturated rings. The average Bonchev–Trinajstić information content (AvgIpc) is 3.48. The van der Waals surface area contributed by atoms with E-state index in [0.29, 0.717) is 0 Å². The van der Waals surface area contributed by atoms with Gasteiger partial charge in [-0.1, -0.05) is 196 Å². The zero-order valence-electron chi connectivity index (χ0n) is 31.0. The largest absolute Gasteiger partial charge is 0.0622 e. The summed E-state index contributed by atoms with van der Waals surface area (Å²) in [7, 11) is 0. The second-order valence-electron chi connectivity index (χ2n) is 15.6. The third-order valence-electron chi connectivity index (χ3n) is 12.2. The molecule has 0 unspecified atom stereocenters. The molecule has 1 aliphatic rings. The van der Waals surface area contributed by atoms with Crippen LogP contribution in [-0.2, 0) is 5.41 Å². The summed E-state index contributed by atoms with van der Waals surface area (Å²) in [6, 6.07) is 72.1. The van der Waals surface area contributed by atoms with Crippen molar-refractivity contribution in [1.82, 2.24) is 0 Å². The second-order valence-corrected chi connectivity index (χ2v) is 15.6. The molecule has 0 N–H and O–H groups in total. The number of rotatable bonds is 4. The molecule has 0 saturated carbocycles. The molecule has 0 aliphatic heterocycles. The Balaban J connectivity index is 1.11. The molecule has 11 rings (SSSR count). The predicted molar refractivity (Wildman–Crippen MR) is 236 cm³/mol. The lowest BCUT2D eigenvalue weighted by Gasteiger charge is -2.22. The van der Waals surface area contributed by atoms with Crippen LogP contribution in [0.1, 0.15) is 25.0 Å². The van der Waals surface area contributed by atoms with Gasteiger partial charge in [0.1, 0.15) is 0 Å². The summed E-state index contributed by atoms with van der Waals surface area (Å²) in [6.45, 7) is 4.76. The van der Waals surface area contributed by atoms with Gasteiger partial charge in [-0.2, -0.15) is 0 Å². The number of hydrogen-bond acceptors (Lipinski definition) is 0. The van der Waals surface area contributed by atoms with Gasteiger partial charge >= 0.3 is 0 Å². The second kappa shape index (κ2) is 12.1. The zero-order chi connectivity index (χ0) is 36.7. The van der Waals surface area contributed by atoms with E-state index in [1.165, 1.54) is 110 Å². The van der Waals surface area contributed by atoms with Crippen molar-refractivity contribution in [2.45, 2.75) is 19.3 Å². The van der Waals surface area contributed by atoms with Crippen molar-refractivity contribution in [3.8, 4) is 55.6 Å². The van der Waals surface area contributed by atoms with Crippen molar-refractivity contribution in [1.29, 1.82) is 0 Å². The summed E-state index contributed by atoms with van der Waals surface area (Å²) in [5, 5.41) is 10.3. The minimum atomic E-state index is -0.0902. The maximum absolute atomic E-state index is 2.45. The van der Waals surface area contributed by atoms with E-state index in [0.717, 1.165) is 0 Å². The molecule has 258 valence electrons. The summed E-state index contributed by atoms with van der Waals surface area (Å²) in [6.07, 6.45) is 0. The maximum Gasteiger partial charge on any atom is 0.0159 e. The van der Waals surface area contributed by atoms with Crippen LogP contribution in [0.4, 0.5) is 0 Å². The van der Waals surface area contributed by atoms with Crippen LogP contribution in [0.2, 0.25) is 0 Å². The van der Waals surface area contributed by atoms with Crippen molar-refractivity contribution in [3.63, 3.8) is 0 Å². The standard InChI is InChI=1S/C55H38/c1-55(2)49-32-29-36-16-6-8-22-42(36)53(49)47-30-28-39(34-50(47)55)38-19-14-20-40(33-38)41-21-10-11-24-44(41)52-46-26-13-12-25-45(46)51(37-17-4-3-5-18-37)54-43-23-9-7-15-35(43)27-31-48(52)54/h3-34H,1-2H3. The Morgan fingerprint density at radius 1 is 0.291 bits per heavy atom. The van der Waals surface area contributed by atoms with E-state index in [2.05, 4.69) is 208 Å².